The summed E-state index contributed by atoms with van der Waals surface area (Å²) in [7, 11) is 3.83. The highest BCUT2D eigenvalue weighted by molar-refractivity contribution is 7.99. The number of rotatable bonds is 5. The Morgan fingerprint density at radius 2 is 2.04 bits per heavy atom. The van der Waals surface area contributed by atoms with E-state index in [0.717, 1.165) is 17.0 Å². The molecule has 0 aliphatic rings. The van der Waals surface area contributed by atoms with Crippen molar-refractivity contribution in [1.29, 1.82) is 0 Å². The zero-order valence-corrected chi connectivity index (χ0v) is 14.3. The van der Waals surface area contributed by atoms with Crippen molar-refractivity contribution in [2.24, 2.45) is 14.1 Å². The Bertz CT molecular complexity index is 846. The van der Waals surface area contributed by atoms with Crippen molar-refractivity contribution in [3.63, 3.8) is 0 Å². The van der Waals surface area contributed by atoms with Crippen LogP contribution in [0.3, 0.4) is 0 Å². The Kier molecular flexibility index (Phi) is 4.12. The second-order valence-corrected chi connectivity index (χ2v) is 6.34. The molecule has 3 aromatic heterocycles. The van der Waals surface area contributed by atoms with Gasteiger partial charge in [-0.15, -0.1) is 10.2 Å². The van der Waals surface area contributed by atoms with Crippen LogP contribution in [0.25, 0.3) is 11.6 Å². The summed E-state index contributed by atoms with van der Waals surface area (Å²) in [6.45, 7) is 3.96. The van der Waals surface area contributed by atoms with Gasteiger partial charge in [0.1, 0.15) is 0 Å². The third-order valence-corrected chi connectivity index (χ3v) is 5.00. The fourth-order valence-electron chi connectivity index (χ4n) is 2.41. The van der Waals surface area contributed by atoms with E-state index in [2.05, 4.69) is 10.2 Å². The highest BCUT2D eigenvalue weighted by Gasteiger charge is 2.17. The van der Waals surface area contributed by atoms with E-state index in [1.807, 2.05) is 49.2 Å². The molecule has 0 aromatic carbocycles. The molecule has 120 valence electrons. The predicted molar refractivity (Wildman–Crippen MR) is 88.6 cm³/mol. The molecule has 0 atom stereocenters. The van der Waals surface area contributed by atoms with Crippen molar-refractivity contribution in [3.8, 4) is 11.6 Å². The molecule has 0 unspecified atom stereocenters. The zero-order valence-electron chi connectivity index (χ0n) is 13.5. The van der Waals surface area contributed by atoms with Gasteiger partial charge in [0, 0.05) is 31.0 Å². The van der Waals surface area contributed by atoms with Crippen LogP contribution in [0, 0.1) is 13.8 Å². The minimum Gasteiger partial charge on any atom is -0.461 e. The normalized spacial score (nSPS) is 11.1. The Morgan fingerprint density at radius 3 is 2.65 bits per heavy atom. The number of nitrogens with zero attached hydrogens (tertiary/aromatic N) is 4. The second-order valence-electron chi connectivity index (χ2n) is 5.40. The summed E-state index contributed by atoms with van der Waals surface area (Å²) < 4.78 is 9.19. The number of hydrogen-bond acceptors (Lipinski definition) is 5. The van der Waals surface area contributed by atoms with Gasteiger partial charge in [0.2, 0.25) is 0 Å². The van der Waals surface area contributed by atoms with Crippen molar-refractivity contribution >= 4 is 17.5 Å². The first-order chi connectivity index (χ1) is 11.0. The van der Waals surface area contributed by atoms with Crippen LogP contribution in [0.5, 0.6) is 0 Å². The lowest BCUT2D eigenvalue weighted by molar-refractivity contribution is 0.102. The molecule has 0 bridgehead atoms. The maximum Gasteiger partial charge on any atom is 0.200 e. The summed E-state index contributed by atoms with van der Waals surface area (Å²) in [6.07, 6.45) is 1.60. The van der Waals surface area contributed by atoms with Crippen LogP contribution in [0.4, 0.5) is 0 Å². The number of ketones is 1. The molecule has 0 saturated carbocycles. The van der Waals surface area contributed by atoms with Gasteiger partial charge in [0.15, 0.2) is 22.5 Å². The van der Waals surface area contributed by atoms with Gasteiger partial charge in [-0.2, -0.15) is 0 Å². The Morgan fingerprint density at radius 1 is 1.26 bits per heavy atom. The summed E-state index contributed by atoms with van der Waals surface area (Å²) in [6, 6.07) is 5.57. The average Bonchev–Trinajstić information content (AvgIpc) is 3.23. The van der Waals surface area contributed by atoms with E-state index in [4.69, 9.17) is 4.42 Å². The van der Waals surface area contributed by atoms with E-state index >= 15 is 0 Å². The molecule has 3 rings (SSSR count). The van der Waals surface area contributed by atoms with Crippen molar-refractivity contribution < 1.29 is 9.21 Å². The monoisotopic (exact) mass is 330 g/mol. The minimum absolute atomic E-state index is 0.0961. The van der Waals surface area contributed by atoms with Crippen molar-refractivity contribution in [2.45, 2.75) is 19.0 Å². The van der Waals surface area contributed by atoms with E-state index in [0.29, 0.717) is 22.5 Å². The molecule has 0 aliphatic carbocycles. The third kappa shape index (κ3) is 2.84. The molecule has 7 heteroatoms. The topological polar surface area (TPSA) is 65.8 Å². The minimum atomic E-state index is 0.0961. The van der Waals surface area contributed by atoms with Gasteiger partial charge in [0.25, 0.3) is 0 Å². The maximum atomic E-state index is 12.4. The SMILES string of the molecule is Cc1cc(C(=O)CSc2nnc(-c3ccco3)n2C)c(C)n1C. The summed E-state index contributed by atoms with van der Waals surface area (Å²) in [4.78, 5) is 12.4. The molecule has 0 spiro atoms. The molecular formula is C16H18N4O2S. The highest BCUT2D eigenvalue weighted by Crippen LogP contribution is 2.24. The quantitative estimate of drug-likeness (QED) is 0.531. The van der Waals surface area contributed by atoms with Crippen LogP contribution < -0.4 is 0 Å². The Labute approximate surface area is 138 Å². The van der Waals surface area contributed by atoms with Gasteiger partial charge in [-0.05, 0) is 32.0 Å². The lowest BCUT2D eigenvalue weighted by Crippen LogP contribution is -2.05. The first-order valence-electron chi connectivity index (χ1n) is 7.21. The molecule has 3 aromatic rings. The van der Waals surface area contributed by atoms with Gasteiger partial charge in [-0.3, -0.25) is 4.79 Å². The van der Waals surface area contributed by atoms with Crippen molar-refractivity contribution in [2.75, 3.05) is 5.75 Å². The zero-order chi connectivity index (χ0) is 16.6. The number of aromatic nitrogens is 4. The molecule has 6 nitrogen and oxygen atoms in total. The number of Topliss-reactive ketones (excluding diaryl/α,β-unsaturated/α-hetero) is 1. The van der Waals surface area contributed by atoms with Crippen LogP contribution in [-0.4, -0.2) is 30.9 Å². The lowest BCUT2D eigenvalue weighted by atomic mass is 10.2. The standard InChI is InChI=1S/C16H18N4O2S/c1-10-8-12(11(2)19(10)3)13(21)9-23-16-18-17-15(20(16)4)14-6-5-7-22-14/h5-8H,9H2,1-4H3. The van der Waals surface area contributed by atoms with Gasteiger partial charge >= 0.3 is 0 Å². The van der Waals surface area contributed by atoms with Crippen molar-refractivity contribution in [3.05, 3.63) is 41.4 Å². The van der Waals surface area contributed by atoms with Gasteiger partial charge in [-0.25, -0.2) is 0 Å². The smallest absolute Gasteiger partial charge is 0.200 e. The Hall–Kier alpha value is -2.28. The van der Waals surface area contributed by atoms with E-state index < -0.39 is 0 Å². The number of carbonyl (C=O) groups is 1. The third-order valence-electron chi connectivity index (χ3n) is 3.98. The molecule has 0 radical (unpaired) electrons. The molecular weight excluding hydrogens is 312 g/mol. The second kappa shape index (κ2) is 6.08. The van der Waals surface area contributed by atoms with Gasteiger partial charge < -0.3 is 13.6 Å². The average molecular weight is 330 g/mol. The number of aryl methyl sites for hydroxylation is 1. The summed E-state index contributed by atoms with van der Waals surface area (Å²) >= 11 is 1.38. The van der Waals surface area contributed by atoms with Gasteiger partial charge in [-0.1, -0.05) is 11.8 Å². The fraction of sp³-hybridized carbons (Fsp3) is 0.312. The molecule has 0 fully saturated rings. The van der Waals surface area contributed by atoms with Crippen molar-refractivity contribution in [1.82, 2.24) is 19.3 Å². The molecule has 0 saturated heterocycles. The van der Waals surface area contributed by atoms with E-state index in [1.165, 1.54) is 11.8 Å². The molecule has 0 amide bonds. The number of carbonyl (C=O) groups excluding carboxylic acids is 1. The largest absolute Gasteiger partial charge is 0.461 e. The summed E-state index contributed by atoms with van der Waals surface area (Å²) in [5, 5.41) is 8.96. The number of hydrogen-bond donors (Lipinski definition) is 0. The van der Waals surface area contributed by atoms with Crippen LogP contribution in [-0.2, 0) is 14.1 Å². The van der Waals surface area contributed by atoms with E-state index in [-0.39, 0.29) is 5.78 Å². The van der Waals surface area contributed by atoms with E-state index in [1.54, 1.807) is 12.3 Å². The first-order valence-corrected chi connectivity index (χ1v) is 8.19. The summed E-state index contributed by atoms with van der Waals surface area (Å²) in [5.41, 5.74) is 2.84. The maximum absolute atomic E-state index is 12.4. The predicted octanol–water partition coefficient (Wildman–Crippen LogP) is 3.01. The van der Waals surface area contributed by atoms with Crippen LogP contribution in [0.1, 0.15) is 21.7 Å². The first kappa shape index (κ1) is 15.6. The number of furan rings is 1. The molecule has 0 aliphatic heterocycles. The van der Waals surface area contributed by atoms with Gasteiger partial charge in [0.05, 0.1) is 12.0 Å². The Balaban J connectivity index is 1.74. The van der Waals surface area contributed by atoms with Crippen LogP contribution in [0.2, 0.25) is 0 Å². The van der Waals surface area contributed by atoms with Crippen LogP contribution in [0.15, 0.2) is 34.0 Å². The highest BCUT2D eigenvalue weighted by atomic mass is 32.2. The fourth-order valence-corrected chi connectivity index (χ4v) is 3.20. The molecule has 3 heterocycles. The molecule has 0 N–H and O–H groups in total. The van der Waals surface area contributed by atoms with E-state index in [9.17, 15) is 4.79 Å². The molecule has 23 heavy (non-hydrogen) atoms. The summed E-state index contributed by atoms with van der Waals surface area (Å²) in [5.74, 6) is 1.73. The van der Waals surface area contributed by atoms with Crippen LogP contribution >= 0.6 is 11.8 Å². The number of thioether (sulfide) groups is 1. The lowest BCUT2D eigenvalue weighted by Gasteiger charge is -2.03.